The van der Waals surface area contributed by atoms with Crippen LogP contribution in [0.25, 0.3) is 11.0 Å². The summed E-state index contributed by atoms with van der Waals surface area (Å²) in [7, 11) is 0. The van der Waals surface area contributed by atoms with Gasteiger partial charge < -0.3 is 4.57 Å². The van der Waals surface area contributed by atoms with Gasteiger partial charge in [0.1, 0.15) is 5.82 Å². The first-order valence-corrected chi connectivity index (χ1v) is 9.27. The van der Waals surface area contributed by atoms with Crippen LogP contribution in [-0.2, 0) is 13.1 Å². The molecule has 0 saturated carbocycles. The van der Waals surface area contributed by atoms with E-state index in [1.165, 1.54) is 17.8 Å². The van der Waals surface area contributed by atoms with Crippen molar-refractivity contribution in [2.45, 2.75) is 58.8 Å². The predicted molar refractivity (Wildman–Crippen MR) is 98.2 cm³/mol. The number of benzene rings is 1. The molecule has 0 spiro atoms. The van der Waals surface area contributed by atoms with Crippen molar-refractivity contribution in [3.05, 3.63) is 42.0 Å². The minimum absolute atomic E-state index is 0.349. The second-order valence-electron chi connectivity index (χ2n) is 7.12. The Morgan fingerprint density at radius 2 is 2.08 bits per heavy atom. The third kappa shape index (κ3) is 2.95. The summed E-state index contributed by atoms with van der Waals surface area (Å²) in [4.78, 5) is 7.51. The molecule has 0 N–H and O–H groups in total. The molecular weight excluding hydrogens is 312 g/mol. The van der Waals surface area contributed by atoms with Crippen LogP contribution < -0.4 is 0 Å². The maximum Gasteiger partial charge on any atom is 0.127 e. The third-order valence-corrected chi connectivity index (χ3v) is 5.08. The molecule has 6 nitrogen and oxygen atoms in total. The number of hydrogen-bond donors (Lipinski definition) is 0. The zero-order chi connectivity index (χ0) is 17.4. The van der Waals surface area contributed by atoms with E-state index in [0.29, 0.717) is 12.1 Å². The zero-order valence-electron chi connectivity index (χ0n) is 15.3. The van der Waals surface area contributed by atoms with Crippen LogP contribution in [-0.4, -0.2) is 36.0 Å². The van der Waals surface area contributed by atoms with E-state index in [0.717, 1.165) is 37.3 Å². The van der Waals surface area contributed by atoms with Gasteiger partial charge in [-0.1, -0.05) is 17.3 Å². The quantitative estimate of drug-likeness (QED) is 0.714. The summed E-state index contributed by atoms with van der Waals surface area (Å²) in [5.74, 6) is 1.19. The number of fused-ring (bicyclic) bond motifs is 1. The highest BCUT2D eigenvalue weighted by molar-refractivity contribution is 5.76. The van der Waals surface area contributed by atoms with Crippen LogP contribution in [0.4, 0.5) is 0 Å². The molecule has 1 aliphatic heterocycles. The number of nitrogens with zero attached hydrogens (tertiary/aromatic N) is 6. The number of para-hydroxylation sites is 2. The van der Waals surface area contributed by atoms with Crippen LogP contribution in [0.15, 0.2) is 30.5 Å². The highest BCUT2D eigenvalue weighted by Gasteiger charge is 2.31. The minimum Gasteiger partial charge on any atom is -0.324 e. The van der Waals surface area contributed by atoms with Crippen molar-refractivity contribution in [3.63, 3.8) is 0 Å². The summed E-state index contributed by atoms with van der Waals surface area (Å²) in [6.45, 7) is 9.35. The van der Waals surface area contributed by atoms with Gasteiger partial charge >= 0.3 is 0 Å². The Hall–Kier alpha value is -2.21. The summed E-state index contributed by atoms with van der Waals surface area (Å²) in [5.41, 5.74) is 3.37. The summed E-state index contributed by atoms with van der Waals surface area (Å²) >= 11 is 0. The molecule has 1 saturated heterocycles. The molecule has 1 aromatic carbocycles. The van der Waals surface area contributed by atoms with Crippen LogP contribution in [0, 0.1) is 0 Å². The third-order valence-electron chi connectivity index (χ3n) is 5.08. The number of rotatable bonds is 5. The van der Waals surface area contributed by atoms with E-state index in [1.54, 1.807) is 0 Å². The smallest absolute Gasteiger partial charge is 0.127 e. The van der Waals surface area contributed by atoms with Gasteiger partial charge in [0.2, 0.25) is 0 Å². The fourth-order valence-corrected chi connectivity index (χ4v) is 3.92. The summed E-state index contributed by atoms with van der Waals surface area (Å²) in [5, 5.41) is 8.50. The highest BCUT2D eigenvalue weighted by Crippen LogP contribution is 2.35. The van der Waals surface area contributed by atoms with E-state index >= 15 is 0 Å². The summed E-state index contributed by atoms with van der Waals surface area (Å²) in [6.07, 6.45) is 4.41. The fourth-order valence-electron chi connectivity index (χ4n) is 3.92. The van der Waals surface area contributed by atoms with Gasteiger partial charge in [-0.25, -0.2) is 4.98 Å². The van der Waals surface area contributed by atoms with Crippen molar-refractivity contribution in [2.24, 2.45) is 0 Å². The average molecular weight is 338 g/mol. The van der Waals surface area contributed by atoms with E-state index in [2.05, 4.69) is 71.0 Å². The number of likely N-dealkylation sites (tertiary alicyclic amines) is 1. The molecule has 3 heterocycles. The molecule has 0 radical (unpaired) electrons. The second kappa shape index (κ2) is 6.59. The molecule has 1 fully saturated rings. The van der Waals surface area contributed by atoms with Gasteiger partial charge in [0.15, 0.2) is 0 Å². The van der Waals surface area contributed by atoms with Crippen molar-refractivity contribution < 1.29 is 0 Å². The van der Waals surface area contributed by atoms with Crippen LogP contribution in [0.5, 0.6) is 0 Å². The van der Waals surface area contributed by atoms with Crippen LogP contribution in [0.1, 0.15) is 57.2 Å². The molecule has 3 aromatic rings. The molecule has 0 bridgehead atoms. The molecular formula is C19H26N6. The molecule has 1 unspecified atom stereocenters. The normalized spacial score (nSPS) is 18.6. The van der Waals surface area contributed by atoms with E-state index in [4.69, 9.17) is 4.98 Å². The average Bonchev–Trinajstić information content (AvgIpc) is 3.32. The van der Waals surface area contributed by atoms with Crippen molar-refractivity contribution >= 4 is 11.0 Å². The lowest BCUT2D eigenvalue weighted by Crippen LogP contribution is -2.26. The monoisotopic (exact) mass is 338 g/mol. The van der Waals surface area contributed by atoms with Crippen LogP contribution in [0.2, 0.25) is 0 Å². The van der Waals surface area contributed by atoms with Crippen molar-refractivity contribution in [1.29, 1.82) is 0 Å². The Balaban J connectivity index is 1.68. The number of imidazole rings is 1. The maximum absolute atomic E-state index is 5.01. The Labute approximate surface area is 148 Å². The Kier molecular flexibility index (Phi) is 4.29. The van der Waals surface area contributed by atoms with Gasteiger partial charge in [0, 0.05) is 25.3 Å². The van der Waals surface area contributed by atoms with Gasteiger partial charge in [-0.15, -0.1) is 5.10 Å². The van der Waals surface area contributed by atoms with Crippen molar-refractivity contribution in [2.75, 3.05) is 6.54 Å². The zero-order valence-corrected chi connectivity index (χ0v) is 15.3. The number of aromatic nitrogens is 5. The van der Waals surface area contributed by atoms with Gasteiger partial charge in [-0.05, 0) is 52.3 Å². The first kappa shape index (κ1) is 16.3. The topological polar surface area (TPSA) is 51.8 Å². The molecule has 0 amide bonds. The molecule has 1 aliphatic rings. The maximum atomic E-state index is 5.01. The van der Waals surface area contributed by atoms with Gasteiger partial charge in [0.25, 0.3) is 0 Å². The Morgan fingerprint density at radius 1 is 1.24 bits per heavy atom. The lowest BCUT2D eigenvalue weighted by Gasteiger charge is -2.25. The first-order chi connectivity index (χ1) is 12.2. The molecule has 132 valence electrons. The number of aryl methyl sites for hydroxylation is 1. The van der Waals surface area contributed by atoms with Crippen molar-refractivity contribution in [1.82, 2.24) is 29.4 Å². The summed E-state index contributed by atoms with van der Waals surface area (Å²) < 4.78 is 4.30. The Morgan fingerprint density at radius 3 is 2.84 bits per heavy atom. The Bertz CT molecular complexity index is 862. The molecule has 1 atom stereocenters. The van der Waals surface area contributed by atoms with Gasteiger partial charge in [0.05, 0.1) is 22.8 Å². The van der Waals surface area contributed by atoms with E-state index in [-0.39, 0.29) is 0 Å². The van der Waals surface area contributed by atoms with Crippen molar-refractivity contribution in [3.8, 4) is 0 Å². The molecule has 25 heavy (non-hydrogen) atoms. The highest BCUT2D eigenvalue weighted by atomic mass is 15.4. The first-order valence-electron chi connectivity index (χ1n) is 9.27. The fraction of sp³-hybridized carbons (Fsp3) is 0.526. The lowest BCUT2D eigenvalue weighted by atomic mass is 10.2. The SMILES string of the molecule is CCn1cc(CN2CCCC2c2nc3ccccc3n2C(C)C)nn1. The largest absolute Gasteiger partial charge is 0.324 e. The predicted octanol–water partition coefficient (Wildman–Crippen LogP) is 3.57. The van der Waals surface area contributed by atoms with E-state index in [9.17, 15) is 0 Å². The van der Waals surface area contributed by atoms with Gasteiger partial charge in [-0.3, -0.25) is 9.58 Å². The minimum atomic E-state index is 0.349. The van der Waals surface area contributed by atoms with E-state index < -0.39 is 0 Å². The molecule has 2 aromatic heterocycles. The molecule has 4 rings (SSSR count). The molecule has 0 aliphatic carbocycles. The van der Waals surface area contributed by atoms with Crippen LogP contribution in [0.3, 0.4) is 0 Å². The number of hydrogen-bond acceptors (Lipinski definition) is 4. The summed E-state index contributed by atoms with van der Waals surface area (Å²) in [6, 6.07) is 9.20. The van der Waals surface area contributed by atoms with Crippen LogP contribution >= 0.6 is 0 Å². The molecule has 6 heteroatoms. The standard InChI is InChI=1S/C19H26N6/c1-4-24-13-15(21-22-24)12-23-11-7-10-18(23)19-20-16-8-5-6-9-17(16)25(19)14(2)3/h5-6,8-9,13-14,18H,4,7,10-12H2,1-3H3. The van der Waals surface area contributed by atoms with E-state index in [1.807, 2.05) is 4.68 Å². The lowest BCUT2D eigenvalue weighted by molar-refractivity contribution is 0.231. The second-order valence-corrected chi connectivity index (χ2v) is 7.12. The van der Waals surface area contributed by atoms with Gasteiger partial charge in [-0.2, -0.15) is 0 Å².